The molecule has 0 aliphatic rings. The molecular formula is C20H18FN5OS. The highest BCUT2D eigenvalue weighted by atomic mass is 32.2. The lowest BCUT2D eigenvalue weighted by Crippen LogP contribution is -2.25. The number of para-hydroxylation sites is 2. The molecule has 1 amide bonds. The molecule has 2 aromatic heterocycles. The monoisotopic (exact) mass is 395 g/mol. The molecule has 4 rings (SSSR count). The molecule has 0 aliphatic carbocycles. The fourth-order valence-electron chi connectivity index (χ4n) is 2.93. The van der Waals surface area contributed by atoms with Gasteiger partial charge in [0.1, 0.15) is 11.6 Å². The van der Waals surface area contributed by atoms with E-state index in [-0.39, 0.29) is 11.6 Å². The third kappa shape index (κ3) is 3.43. The molecule has 1 unspecified atom stereocenters. The topological polar surface area (TPSA) is 72.2 Å². The van der Waals surface area contributed by atoms with Crippen LogP contribution in [0.2, 0.25) is 0 Å². The maximum absolute atomic E-state index is 13.9. The van der Waals surface area contributed by atoms with E-state index in [4.69, 9.17) is 0 Å². The summed E-state index contributed by atoms with van der Waals surface area (Å²) in [5.41, 5.74) is 1.66. The summed E-state index contributed by atoms with van der Waals surface area (Å²) in [6.07, 6.45) is 0.550. The van der Waals surface area contributed by atoms with Crippen LogP contribution in [0.15, 0.2) is 53.7 Å². The van der Waals surface area contributed by atoms with Gasteiger partial charge in [0.2, 0.25) is 5.91 Å². The fraction of sp³-hybridized carbons (Fsp3) is 0.200. The zero-order valence-electron chi connectivity index (χ0n) is 15.4. The van der Waals surface area contributed by atoms with E-state index in [2.05, 4.69) is 20.4 Å². The van der Waals surface area contributed by atoms with E-state index >= 15 is 0 Å². The predicted octanol–water partition coefficient (Wildman–Crippen LogP) is 4.23. The second kappa shape index (κ2) is 7.55. The summed E-state index contributed by atoms with van der Waals surface area (Å²) in [6, 6.07) is 13.8. The van der Waals surface area contributed by atoms with Crippen LogP contribution < -0.4 is 5.32 Å². The fourth-order valence-corrected chi connectivity index (χ4v) is 3.90. The van der Waals surface area contributed by atoms with Gasteiger partial charge >= 0.3 is 0 Å². The number of nitrogens with one attached hydrogen (secondary N) is 1. The smallest absolute Gasteiger partial charge is 0.238 e. The number of amides is 1. The summed E-state index contributed by atoms with van der Waals surface area (Å²) in [6.45, 7) is 3.72. The Bertz CT molecular complexity index is 1180. The number of benzene rings is 2. The number of rotatable bonds is 5. The molecule has 4 aromatic rings. The molecule has 8 heteroatoms. The average Bonchev–Trinajstić information content (AvgIpc) is 3.09. The SMILES string of the molecule is CCC(Sc1nc2ccccc2c2nc(C)nn12)C(=O)Nc1ccccc1F. The number of anilines is 1. The number of carbonyl (C=O) groups excluding carboxylic acids is 1. The Morgan fingerprint density at radius 2 is 1.93 bits per heavy atom. The van der Waals surface area contributed by atoms with Gasteiger partial charge in [-0.3, -0.25) is 4.79 Å². The van der Waals surface area contributed by atoms with Crippen molar-refractivity contribution in [1.82, 2.24) is 19.6 Å². The minimum atomic E-state index is -0.464. The van der Waals surface area contributed by atoms with Crippen molar-refractivity contribution in [2.24, 2.45) is 0 Å². The van der Waals surface area contributed by atoms with E-state index in [1.165, 1.54) is 23.9 Å². The van der Waals surface area contributed by atoms with Crippen molar-refractivity contribution < 1.29 is 9.18 Å². The maximum Gasteiger partial charge on any atom is 0.238 e. The zero-order chi connectivity index (χ0) is 19.7. The molecule has 0 saturated carbocycles. The van der Waals surface area contributed by atoms with E-state index in [1.807, 2.05) is 38.1 Å². The van der Waals surface area contributed by atoms with E-state index in [0.29, 0.717) is 23.0 Å². The standard InChI is InChI=1S/C20H18FN5OS/c1-3-17(19(27)23-16-11-7-5-9-14(16)21)28-20-24-15-10-6-4-8-13(15)18-22-12(2)25-26(18)20/h4-11,17H,3H2,1-2H3,(H,23,27). The van der Waals surface area contributed by atoms with Crippen LogP contribution in [0.5, 0.6) is 0 Å². The Hall–Kier alpha value is -3.00. The van der Waals surface area contributed by atoms with Gasteiger partial charge in [0.15, 0.2) is 10.8 Å². The highest BCUT2D eigenvalue weighted by Gasteiger charge is 2.22. The number of thioether (sulfide) groups is 1. The number of carbonyl (C=O) groups is 1. The van der Waals surface area contributed by atoms with Crippen molar-refractivity contribution in [3.63, 3.8) is 0 Å². The van der Waals surface area contributed by atoms with Crippen LogP contribution in [0.4, 0.5) is 10.1 Å². The van der Waals surface area contributed by atoms with Crippen LogP contribution >= 0.6 is 11.8 Å². The van der Waals surface area contributed by atoms with Crippen LogP contribution in [0.1, 0.15) is 19.2 Å². The summed E-state index contributed by atoms with van der Waals surface area (Å²) in [4.78, 5) is 21.9. The first-order chi connectivity index (χ1) is 13.6. The number of fused-ring (bicyclic) bond motifs is 3. The van der Waals surface area contributed by atoms with Gasteiger partial charge in [-0.05, 0) is 37.6 Å². The van der Waals surface area contributed by atoms with Crippen molar-refractivity contribution >= 4 is 39.9 Å². The van der Waals surface area contributed by atoms with Crippen molar-refractivity contribution in [3.05, 3.63) is 60.2 Å². The summed E-state index contributed by atoms with van der Waals surface area (Å²) < 4.78 is 15.5. The first-order valence-electron chi connectivity index (χ1n) is 8.91. The third-order valence-electron chi connectivity index (χ3n) is 4.30. The Balaban J connectivity index is 1.68. The molecule has 0 saturated heterocycles. The lowest BCUT2D eigenvalue weighted by molar-refractivity contribution is -0.115. The average molecular weight is 395 g/mol. The van der Waals surface area contributed by atoms with Gasteiger partial charge in [-0.25, -0.2) is 14.4 Å². The van der Waals surface area contributed by atoms with Gasteiger partial charge < -0.3 is 5.32 Å². The quantitative estimate of drug-likeness (QED) is 0.404. The summed E-state index contributed by atoms with van der Waals surface area (Å²) in [7, 11) is 0. The van der Waals surface area contributed by atoms with Crippen LogP contribution in [0.25, 0.3) is 16.6 Å². The van der Waals surface area contributed by atoms with Gasteiger partial charge in [0.05, 0.1) is 16.5 Å². The number of hydrogen-bond acceptors (Lipinski definition) is 5. The second-order valence-corrected chi connectivity index (χ2v) is 7.46. The Morgan fingerprint density at radius 3 is 2.71 bits per heavy atom. The molecule has 0 bridgehead atoms. The number of hydrogen-bond donors (Lipinski definition) is 1. The minimum absolute atomic E-state index is 0.166. The lowest BCUT2D eigenvalue weighted by Gasteiger charge is -2.15. The van der Waals surface area contributed by atoms with E-state index in [0.717, 1.165) is 10.9 Å². The van der Waals surface area contributed by atoms with Crippen LogP contribution in [-0.4, -0.2) is 30.7 Å². The number of nitrogens with zero attached hydrogens (tertiary/aromatic N) is 4. The molecule has 28 heavy (non-hydrogen) atoms. The molecule has 1 N–H and O–H groups in total. The molecule has 142 valence electrons. The first kappa shape index (κ1) is 18.4. The van der Waals surface area contributed by atoms with Gasteiger partial charge in [-0.2, -0.15) is 4.52 Å². The van der Waals surface area contributed by atoms with E-state index < -0.39 is 11.1 Å². The van der Waals surface area contributed by atoms with Crippen LogP contribution in [-0.2, 0) is 4.79 Å². The largest absolute Gasteiger partial charge is 0.323 e. The van der Waals surface area contributed by atoms with Gasteiger partial charge in [0, 0.05) is 5.39 Å². The predicted molar refractivity (Wildman–Crippen MR) is 108 cm³/mol. The highest BCUT2D eigenvalue weighted by molar-refractivity contribution is 8.00. The normalized spacial score (nSPS) is 12.4. The van der Waals surface area contributed by atoms with Crippen molar-refractivity contribution in [2.75, 3.05) is 5.32 Å². The molecule has 2 aromatic carbocycles. The third-order valence-corrected chi connectivity index (χ3v) is 5.60. The zero-order valence-corrected chi connectivity index (χ0v) is 16.2. The molecule has 6 nitrogen and oxygen atoms in total. The molecule has 0 spiro atoms. The molecular weight excluding hydrogens is 377 g/mol. The Labute approximate surface area is 165 Å². The van der Waals surface area contributed by atoms with E-state index in [1.54, 1.807) is 16.6 Å². The first-order valence-corrected chi connectivity index (χ1v) is 9.79. The Kier molecular flexibility index (Phi) is 4.95. The summed E-state index contributed by atoms with van der Waals surface area (Å²) in [5, 5.41) is 8.12. The Morgan fingerprint density at radius 1 is 1.18 bits per heavy atom. The van der Waals surface area contributed by atoms with E-state index in [9.17, 15) is 9.18 Å². The molecule has 0 fully saturated rings. The van der Waals surface area contributed by atoms with Gasteiger partial charge in [0.25, 0.3) is 0 Å². The maximum atomic E-state index is 13.9. The van der Waals surface area contributed by atoms with Crippen molar-refractivity contribution in [2.45, 2.75) is 30.7 Å². The second-order valence-electron chi connectivity index (χ2n) is 6.29. The molecule has 0 aliphatic heterocycles. The van der Waals surface area contributed by atoms with Crippen molar-refractivity contribution in [1.29, 1.82) is 0 Å². The minimum Gasteiger partial charge on any atom is -0.323 e. The number of aryl methyl sites for hydroxylation is 1. The van der Waals surface area contributed by atoms with Gasteiger partial charge in [-0.15, -0.1) is 5.10 Å². The molecule has 0 radical (unpaired) electrons. The number of halogens is 1. The van der Waals surface area contributed by atoms with Crippen LogP contribution in [0, 0.1) is 12.7 Å². The van der Waals surface area contributed by atoms with Crippen molar-refractivity contribution in [3.8, 4) is 0 Å². The summed E-state index contributed by atoms with van der Waals surface area (Å²) in [5.74, 6) is -0.116. The number of aromatic nitrogens is 4. The molecule has 1 atom stereocenters. The van der Waals surface area contributed by atoms with Crippen LogP contribution in [0.3, 0.4) is 0 Å². The van der Waals surface area contributed by atoms with Gasteiger partial charge in [-0.1, -0.05) is 43.0 Å². The lowest BCUT2D eigenvalue weighted by atomic mass is 10.2. The summed E-state index contributed by atoms with van der Waals surface area (Å²) >= 11 is 1.29. The highest BCUT2D eigenvalue weighted by Crippen LogP contribution is 2.29. The molecule has 2 heterocycles.